The summed E-state index contributed by atoms with van der Waals surface area (Å²) in [4.78, 5) is 16.2. The first-order valence-electron chi connectivity index (χ1n) is 23.0. The lowest BCUT2D eigenvalue weighted by Gasteiger charge is -2.14. The highest BCUT2D eigenvalue weighted by Crippen LogP contribution is 2.44. The van der Waals surface area contributed by atoms with Gasteiger partial charge in [-0.25, -0.2) is 4.98 Å². The van der Waals surface area contributed by atoms with Gasteiger partial charge in [0.25, 0.3) is 0 Å². The third kappa shape index (κ3) is 7.21. The zero-order valence-corrected chi connectivity index (χ0v) is 38.0. The van der Waals surface area contributed by atoms with Gasteiger partial charge in [-0.2, -0.15) is 9.97 Å². The van der Waals surface area contributed by atoms with Gasteiger partial charge in [0.05, 0.1) is 11.0 Å². The molecule has 0 saturated carbocycles. The third-order valence-corrected chi connectivity index (χ3v) is 13.7. The zero-order chi connectivity index (χ0) is 44.8. The first kappa shape index (κ1) is 40.3. The summed E-state index contributed by atoms with van der Waals surface area (Å²) in [5.41, 5.74) is 10.7. The molecule has 0 N–H and O–H groups in total. The van der Waals surface area contributed by atoms with E-state index >= 15 is 0 Å². The van der Waals surface area contributed by atoms with Crippen LogP contribution in [-0.2, 0) is 0 Å². The Labute approximate surface area is 393 Å². The molecule has 0 unspecified atom stereocenters. The molecule has 13 aromatic rings. The molecule has 4 nitrogen and oxygen atoms in total. The summed E-state index contributed by atoms with van der Waals surface area (Å²) in [6, 6.07) is 78.1. The summed E-state index contributed by atoms with van der Waals surface area (Å²) in [5, 5.41) is 9.77. The third-order valence-electron chi connectivity index (χ3n) is 12.6. The SMILES string of the molecule is CCC.c1ccc(-c2cccc(-c3nc(-c4cccc(-c5ccccc5)c4)nc(-n4c5cc6ccccc6cc5c5cccc(-c6ccc7c(c6)sc6ccc8ccccc8c67)c54)n3)c2)cc1. The fourth-order valence-electron chi connectivity index (χ4n) is 9.57. The van der Waals surface area contributed by atoms with Crippen LogP contribution in [0.3, 0.4) is 0 Å². The maximum atomic E-state index is 5.45. The Hall–Kier alpha value is -8.25. The predicted molar refractivity (Wildman–Crippen MR) is 285 cm³/mol. The Balaban J connectivity index is 0.00000152. The number of hydrogen-bond acceptors (Lipinski definition) is 4. The van der Waals surface area contributed by atoms with Crippen LogP contribution in [0.4, 0.5) is 0 Å². The molecule has 0 spiro atoms. The lowest BCUT2D eigenvalue weighted by Crippen LogP contribution is -2.07. The molecule has 13 rings (SSSR count). The second-order valence-corrected chi connectivity index (χ2v) is 18.2. The van der Waals surface area contributed by atoms with Crippen molar-refractivity contribution in [3.8, 4) is 62.1 Å². The maximum Gasteiger partial charge on any atom is 0.238 e. The van der Waals surface area contributed by atoms with Crippen LogP contribution in [0.15, 0.2) is 218 Å². The zero-order valence-electron chi connectivity index (χ0n) is 37.2. The number of aromatic nitrogens is 4. The van der Waals surface area contributed by atoms with Crippen LogP contribution < -0.4 is 0 Å². The van der Waals surface area contributed by atoms with Crippen LogP contribution >= 0.6 is 11.3 Å². The van der Waals surface area contributed by atoms with E-state index in [1.807, 2.05) is 23.5 Å². The van der Waals surface area contributed by atoms with E-state index < -0.39 is 0 Å². The van der Waals surface area contributed by atoms with Gasteiger partial charge in [0.15, 0.2) is 11.6 Å². The van der Waals surface area contributed by atoms with Crippen LogP contribution in [-0.4, -0.2) is 19.5 Å². The van der Waals surface area contributed by atoms with Gasteiger partial charge in [0, 0.05) is 47.6 Å². The van der Waals surface area contributed by atoms with Gasteiger partial charge >= 0.3 is 0 Å². The molecule has 0 bridgehead atoms. The number of rotatable bonds is 6. The molecule has 0 fully saturated rings. The normalized spacial score (nSPS) is 11.5. The van der Waals surface area contributed by atoms with E-state index in [0.29, 0.717) is 17.6 Å². The molecule has 0 saturated heterocycles. The Morgan fingerprint density at radius 3 is 1.60 bits per heavy atom. The second kappa shape index (κ2) is 17.0. The molecule has 0 radical (unpaired) electrons. The quantitative estimate of drug-likeness (QED) is 0.167. The summed E-state index contributed by atoms with van der Waals surface area (Å²) < 4.78 is 4.84. The van der Waals surface area contributed by atoms with E-state index in [1.165, 1.54) is 42.8 Å². The first-order chi connectivity index (χ1) is 33.1. The summed E-state index contributed by atoms with van der Waals surface area (Å²) in [6.45, 7) is 4.25. The Bertz CT molecular complexity index is 3880. The lowest BCUT2D eigenvalue weighted by atomic mass is 9.99. The molecule has 0 amide bonds. The van der Waals surface area contributed by atoms with E-state index in [-0.39, 0.29) is 0 Å². The molecule has 3 heterocycles. The first-order valence-corrected chi connectivity index (χ1v) is 23.8. The number of fused-ring (bicyclic) bond motifs is 9. The average molecular weight is 877 g/mol. The second-order valence-electron chi connectivity index (χ2n) is 17.1. The highest BCUT2D eigenvalue weighted by molar-refractivity contribution is 7.26. The average Bonchev–Trinajstić information content (AvgIpc) is 3.94. The van der Waals surface area contributed by atoms with Crippen molar-refractivity contribution in [1.29, 1.82) is 0 Å². The van der Waals surface area contributed by atoms with Crippen molar-refractivity contribution < 1.29 is 0 Å². The van der Waals surface area contributed by atoms with Crippen LogP contribution in [0.1, 0.15) is 20.3 Å². The van der Waals surface area contributed by atoms with Crippen molar-refractivity contribution >= 4 is 74.9 Å². The van der Waals surface area contributed by atoms with Crippen LogP contribution in [0.2, 0.25) is 0 Å². The fourth-order valence-corrected chi connectivity index (χ4v) is 10.7. The van der Waals surface area contributed by atoms with Crippen molar-refractivity contribution in [2.45, 2.75) is 20.3 Å². The number of benzene rings is 10. The minimum Gasteiger partial charge on any atom is -0.277 e. The van der Waals surface area contributed by atoms with Crippen molar-refractivity contribution in [1.82, 2.24) is 19.5 Å². The summed E-state index contributed by atoms with van der Waals surface area (Å²) in [6.07, 6.45) is 1.25. The standard InChI is InChI=1S/C59H36N4S.C3H8/c1-3-14-37(15-4-1)40-21-11-23-45(32-40)57-60-58(46-24-12-22-41(33-46)38-16-5-2-6-17-38)62-59(61-57)63-52-35-43-20-8-7-19-42(43)34-51(52)49-27-13-26-48(56(49)63)44-28-30-50-54(36-44)64-53-31-29-39-18-9-10-25-47(39)55(50)53;1-3-2/h1-36H;3H2,1-2H3. The topological polar surface area (TPSA) is 43.6 Å². The molecular formula is C62H44N4S. The summed E-state index contributed by atoms with van der Waals surface area (Å²) in [7, 11) is 0. The number of para-hydroxylation sites is 1. The highest BCUT2D eigenvalue weighted by Gasteiger charge is 2.22. The van der Waals surface area contributed by atoms with Gasteiger partial charge < -0.3 is 0 Å². The van der Waals surface area contributed by atoms with Crippen molar-refractivity contribution in [3.05, 3.63) is 218 Å². The van der Waals surface area contributed by atoms with Crippen LogP contribution in [0.25, 0.3) is 126 Å². The van der Waals surface area contributed by atoms with E-state index in [1.54, 1.807) is 0 Å². The van der Waals surface area contributed by atoms with E-state index in [9.17, 15) is 0 Å². The molecule has 10 aromatic carbocycles. The van der Waals surface area contributed by atoms with Crippen molar-refractivity contribution in [3.63, 3.8) is 0 Å². The molecule has 5 heteroatoms. The highest BCUT2D eigenvalue weighted by atomic mass is 32.1. The Morgan fingerprint density at radius 1 is 0.373 bits per heavy atom. The largest absolute Gasteiger partial charge is 0.277 e. The lowest BCUT2D eigenvalue weighted by molar-refractivity contribution is 0.954. The maximum absolute atomic E-state index is 5.45. The minimum atomic E-state index is 0.562. The molecule has 318 valence electrons. The van der Waals surface area contributed by atoms with Crippen molar-refractivity contribution in [2.24, 2.45) is 0 Å². The smallest absolute Gasteiger partial charge is 0.238 e. The molecule has 3 aromatic heterocycles. The molecular weight excluding hydrogens is 833 g/mol. The van der Waals surface area contributed by atoms with Gasteiger partial charge in [-0.3, -0.25) is 4.57 Å². The molecule has 67 heavy (non-hydrogen) atoms. The van der Waals surface area contributed by atoms with E-state index in [2.05, 4.69) is 225 Å². The Morgan fingerprint density at radius 2 is 0.925 bits per heavy atom. The minimum absolute atomic E-state index is 0.562. The van der Waals surface area contributed by atoms with Crippen LogP contribution in [0.5, 0.6) is 0 Å². The molecule has 0 aliphatic rings. The van der Waals surface area contributed by atoms with Gasteiger partial charge in [-0.05, 0) is 85.8 Å². The Kier molecular flexibility index (Phi) is 10.2. The van der Waals surface area contributed by atoms with E-state index in [0.717, 1.165) is 71.7 Å². The number of thiophene rings is 1. The summed E-state index contributed by atoms with van der Waals surface area (Å²) in [5.74, 6) is 1.78. The molecule has 0 aliphatic carbocycles. The van der Waals surface area contributed by atoms with Crippen LogP contribution in [0, 0.1) is 0 Å². The van der Waals surface area contributed by atoms with Gasteiger partial charge in [0.1, 0.15) is 0 Å². The fraction of sp³-hybridized carbons (Fsp3) is 0.0484. The predicted octanol–water partition coefficient (Wildman–Crippen LogP) is 17.4. The monoisotopic (exact) mass is 876 g/mol. The molecule has 0 aliphatic heterocycles. The van der Waals surface area contributed by atoms with Crippen molar-refractivity contribution in [2.75, 3.05) is 0 Å². The van der Waals surface area contributed by atoms with Gasteiger partial charge in [-0.15, -0.1) is 11.3 Å². The summed E-state index contributed by atoms with van der Waals surface area (Å²) >= 11 is 1.86. The van der Waals surface area contributed by atoms with Gasteiger partial charge in [-0.1, -0.05) is 202 Å². The number of nitrogens with zero attached hydrogens (tertiary/aromatic N) is 4. The van der Waals surface area contributed by atoms with E-state index in [4.69, 9.17) is 15.0 Å². The van der Waals surface area contributed by atoms with Gasteiger partial charge in [0.2, 0.25) is 5.95 Å². The number of hydrogen-bond donors (Lipinski definition) is 0. The molecule has 0 atom stereocenters.